The summed E-state index contributed by atoms with van der Waals surface area (Å²) in [7, 11) is 3.52. The molecule has 7 heteroatoms. The second-order valence-corrected chi connectivity index (χ2v) is 7.11. The van der Waals surface area contributed by atoms with Crippen LogP contribution in [0.4, 0.5) is 5.69 Å². The van der Waals surface area contributed by atoms with E-state index >= 15 is 0 Å². The summed E-state index contributed by atoms with van der Waals surface area (Å²) in [5, 5.41) is 10.7. The van der Waals surface area contributed by atoms with Crippen LogP contribution < -0.4 is 15.4 Å². The molecule has 0 atom stereocenters. The number of methoxy groups -OCH3 is 1. The molecule has 4 rings (SSSR count). The van der Waals surface area contributed by atoms with Gasteiger partial charge in [0, 0.05) is 36.0 Å². The molecule has 0 spiro atoms. The number of hydrogen-bond donors (Lipinski definition) is 2. The van der Waals surface area contributed by atoms with Crippen LogP contribution in [0, 0.1) is 6.92 Å². The van der Waals surface area contributed by atoms with Crippen molar-refractivity contribution < 1.29 is 9.26 Å². The first kappa shape index (κ1) is 20.6. The quantitative estimate of drug-likeness (QED) is 0.440. The Labute approximate surface area is 181 Å². The number of nitrogens with one attached hydrogen (secondary N) is 2. The van der Waals surface area contributed by atoms with Crippen LogP contribution >= 0.6 is 0 Å². The number of benzene rings is 1. The van der Waals surface area contributed by atoms with E-state index in [1.807, 2.05) is 74.8 Å². The van der Waals surface area contributed by atoms with Crippen LogP contribution in [0.5, 0.6) is 5.88 Å². The summed E-state index contributed by atoms with van der Waals surface area (Å²) in [6.45, 7) is 3.18. The van der Waals surface area contributed by atoms with Gasteiger partial charge in [-0.3, -0.25) is 4.98 Å². The zero-order chi connectivity index (χ0) is 21.6. The molecule has 0 amide bonds. The smallest absolute Gasteiger partial charge is 0.237 e. The Morgan fingerprint density at radius 2 is 1.81 bits per heavy atom. The van der Waals surface area contributed by atoms with Gasteiger partial charge in [-0.2, -0.15) is 0 Å². The van der Waals surface area contributed by atoms with Gasteiger partial charge in [0.25, 0.3) is 0 Å². The molecule has 7 nitrogen and oxygen atoms in total. The third kappa shape index (κ3) is 4.57. The van der Waals surface area contributed by atoms with Gasteiger partial charge in [-0.05, 0) is 38.2 Å². The van der Waals surface area contributed by atoms with E-state index in [4.69, 9.17) is 9.26 Å². The molecule has 0 radical (unpaired) electrons. The fourth-order valence-corrected chi connectivity index (χ4v) is 3.36. The summed E-state index contributed by atoms with van der Waals surface area (Å²) in [6.07, 6.45) is 1.83. The normalized spacial score (nSPS) is 10.8. The van der Waals surface area contributed by atoms with Gasteiger partial charge in [0.05, 0.1) is 24.2 Å². The fraction of sp³-hybridized carbons (Fsp3) is 0.208. The zero-order valence-electron chi connectivity index (χ0n) is 17.8. The molecule has 0 aliphatic heterocycles. The Morgan fingerprint density at radius 1 is 0.968 bits per heavy atom. The number of ether oxygens (including phenoxy) is 1. The number of aryl methyl sites for hydroxylation is 1. The van der Waals surface area contributed by atoms with E-state index < -0.39 is 0 Å². The number of anilines is 1. The summed E-state index contributed by atoms with van der Waals surface area (Å²) in [6, 6.07) is 17.9. The third-order valence-electron chi connectivity index (χ3n) is 5.02. The summed E-state index contributed by atoms with van der Waals surface area (Å²) < 4.78 is 11.0. The number of nitrogens with zero attached hydrogens (tertiary/aromatic N) is 3. The maximum Gasteiger partial charge on any atom is 0.237 e. The predicted molar refractivity (Wildman–Crippen MR) is 121 cm³/mol. The fourth-order valence-electron chi connectivity index (χ4n) is 3.36. The first-order chi connectivity index (χ1) is 15.2. The molecule has 0 aliphatic rings. The maximum absolute atomic E-state index is 5.54. The minimum Gasteiger partial charge on any atom is -0.480 e. The van der Waals surface area contributed by atoms with Crippen molar-refractivity contribution in [2.75, 3.05) is 19.5 Å². The molecule has 31 heavy (non-hydrogen) atoms. The Bertz CT molecular complexity index is 1140. The van der Waals surface area contributed by atoms with Crippen LogP contribution in [0.1, 0.15) is 17.0 Å². The molecule has 0 fully saturated rings. The minimum atomic E-state index is 0.521. The Kier molecular flexibility index (Phi) is 6.24. The van der Waals surface area contributed by atoms with Gasteiger partial charge in [0.15, 0.2) is 0 Å². The van der Waals surface area contributed by atoms with Gasteiger partial charge in [-0.25, -0.2) is 4.98 Å². The standard InChI is InChI=1S/C24H25N5O2/c1-16-20(23(29-31-16)17-7-5-4-6-8-17)15-27-22-12-11-21(28-24(22)30-3)18-9-10-19(14-25-2)26-13-18/h4-13,25,27H,14-15H2,1-3H3. The summed E-state index contributed by atoms with van der Waals surface area (Å²) in [5.41, 5.74) is 6.37. The van der Waals surface area contributed by atoms with Crippen LogP contribution in [0.25, 0.3) is 22.5 Å². The molecule has 0 saturated carbocycles. The van der Waals surface area contributed by atoms with Gasteiger partial charge < -0.3 is 19.9 Å². The molecule has 4 aromatic rings. The Balaban J connectivity index is 1.54. The first-order valence-corrected chi connectivity index (χ1v) is 10.1. The van der Waals surface area contributed by atoms with E-state index in [-0.39, 0.29) is 0 Å². The molecule has 2 N–H and O–H groups in total. The molecule has 0 bridgehead atoms. The van der Waals surface area contributed by atoms with E-state index in [1.54, 1.807) is 7.11 Å². The van der Waals surface area contributed by atoms with Crippen molar-refractivity contribution in [2.45, 2.75) is 20.0 Å². The molecule has 0 aliphatic carbocycles. The maximum atomic E-state index is 5.54. The Hall–Kier alpha value is -3.71. The lowest BCUT2D eigenvalue weighted by atomic mass is 10.1. The van der Waals surface area contributed by atoms with Crippen molar-refractivity contribution in [3.63, 3.8) is 0 Å². The second kappa shape index (κ2) is 9.40. The summed E-state index contributed by atoms with van der Waals surface area (Å²) in [4.78, 5) is 9.13. The highest BCUT2D eigenvalue weighted by Gasteiger charge is 2.16. The largest absolute Gasteiger partial charge is 0.480 e. The van der Waals surface area contributed by atoms with E-state index in [9.17, 15) is 0 Å². The van der Waals surface area contributed by atoms with Gasteiger partial charge in [0.1, 0.15) is 11.5 Å². The Morgan fingerprint density at radius 3 is 2.52 bits per heavy atom. The molecular weight excluding hydrogens is 390 g/mol. The van der Waals surface area contributed by atoms with E-state index in [0.717, 1.165) is 51.8 Å². The van der Waals surface area contributed by atoms with E-state index in [2.05, 4.69) is 25.8 Å². The monoisotopic (exact) mass is 415 g/mol. The number of hydrogen-bond acceptors (Lipinski definition) is 7. The lowest BCUT2D eigenvalue weighted by Gasteiger charge is -2.12. The molecule has 0 unspecified atom stereocenters. The highest BCUT2D eigenvalue weighted by Crippen LogP contribution is 2.30. The average molecular weight is 415 g/mol. The lowest BCUT2D eigenvalue weighted by Crippen LogP contribution is -2.06. The predicted octanol–water partition coefficient (Wildman–Crippen LogP) is 4.45. The van der Waals surface area contributed by atoms with Crippen LogP contribution in [0.15, 0.2) is 65.3 Å². The third-order valence-corrected chi connectivity index (χ3v) is 5.02. The average Bonchev–Trinajstić information content (AvgIpc) is 3.19. The molecule has 3 aromatic heterocycles. The number of pyridine rings is 2. The van der Waals surface area contributed by atoms with Crippen LogP contribution in [0.3, 0.4) is 0 Å². The lowest BCUT2D eigenvalue weighted by molar-refractivity contribution is 0.397. The van der Waals surface area contributed by atoms with E-state index in [1.165, 1.54) is 0 Å². The van der Waals surface area contributed by atoms with Crippen molar-refractivity contribution in [3.8, 4) is 28.4 Å². The summed E-state index contributed by atoms with van der Waals surface area (Å²) >= 11 is 0. The van der Waals surface area contributed by atoms with Gasteiger partial charge in [-0.15, -0.1) is 0 Å². The molecule has 0 saturated heterocycles. The topological polar surface area (TPSA) is 85.1 Å². The molecular formula is C24H25N5O2. The van der Waals surface area contributed by atoms with Crippen molar-refractivity contribution >= 4 is 5.69 Å². The number of aromatic nitrogens is 3. The molecule has 158 valence electrons. The second-order valence-electron chi connectivity index (χ2n) is 7.11. The van der Waals surface area contributed by atoms with Crippen molar-refractivity contribution in [1.29, 1.82) is 0 Å². The highest BCUT2D eigenvalue weighted by molar-refractivity contribution is 5.66. The van der Waals surface area contributed by atoms with Gasteiger partial charge in [-0.1, -0.05) is 35.5 Å². The first-order valence-electron chi connectivity index (χ1n) is 10.1. The van der Waals surface area contributed by atoms with Gasteiger partial charge >= 0.3 is 0 Å². The van der Waals surface area contributed by atoms with Gasteiger partial charge in [0.2, 0.25) is 5.88 Å². The zero-order valence-corrected chi connectivity index (χ0v) is 17.8. The number of rotatable bonds is 8. The highest BCUT2D eigenvalue weighted by atomic mass is 16.5. The van der Waals surface area contributed by atoms with Crippen molar-refractivity contribution in [1.82, 2.24) is 20.4 Å². The SMILES string of the molecule is CNCc1ccc(-c2ccc(NCc3c(-c4ccccc4)noc3C)c(OC)n2)cn1. The van der Waals surface area contributed by atoms with Crippen LogP contribution in [-0.4, -0.2) is 29.3 Å². The molecule has 1 aromatic carbocycles. The minimum absolute atomic E-state index is 0.521. The van der Waals surface area contributed by atoms with Crippen molar-refractivity contribution in [2.24, 2.45) is 0 Å². The van der Waals surface area contributed by atoms with Crippen molar-refractivity contribution in [3.05, 3.63) is 77.8 Å². The summed E-state index contributed by atoms with van der Waals surface area (Å²) in [5.74, 6) is 1.30. The molecule has 3 heterocycles. The van der Waals surface area contributed by atoms with Crippen LogP contribution in [0.2, 0.25) is 0 Å². The van der Waals surface area contributed by atoms with E-state index in [0.29, 0.717) is 12.4 Å². The van der Waals surface area contributed by atoms with Crippen LogP contribution in [-0.2, 0) is 13.1 Å².